The van der Waals surface area contributed by atoms with Crippen molar-refractivity contribution in [2.24, 2.45) is 0 Å². The molecule has 1 aromatic rings. The van der Waals surface area contributed by atoms with Crippen LogP contribution in [-0.4, -0.2) is 21.6 Å². The molecule has 0 aliphatic heterocycles. The first-order chi connectivity index (χ1) is 9.27. The molecule has 0 aliphatic carbocycles. The number of hydrogen-bond acceptors (Lipinski definition) is 5. The lowest BCUT2D eigenvalue weighted by Crippen LogP contribution is -2.31. The molecule has 0 aromatic carbocycles. The van der Waals surface area contributed by atoms with Gasteiger partial charge in [-0.05, 0) is 27.2 Å². The molecule has 0 N–H and O–H groups in total. The number of nitrogens with zero attached hydrogens (tertiary/aromatic N) is 2. The first-order valence-corrected chi connectivity index (χ1v) is 6.35. The fourth-order valence-electron chi connectivity index (χ4n) is 1.61. The van der Waals surface area contributed by atoms with Gasteiger partial charge in [0.1, 0.15) is 6.04 Å². The van der Waals surface area contributed by atoms with Crippen LogP contribution in [0.5, 0.6) is 0 Å². The van der Waals surface area contributed by atoms with E-state index in [-0.39, 0.29) is 17.4 Å². The van der Waals surface area contributed by atoms with E-state index < -0.39 is 22.5 Å². The fourth-order valence-corrected chi connectivity index (χ4v) is 1.61. The van der Waals surface area contributed by atoms with Gasteiger partial charge in [-0.15, -0.1) is 0 Å². The molecular formula is C13H18N2O5. The zero-order chi connectivity index (χ0) is 15.4. The van der Waals surface area contributed by atoms with Crippen LogP contribution < -0.4 is 5.56 Å². The number of hydrogen-bond donors (Lipinski definition) is 0. The Morgan fingerprint density at radius 2 is 2.10 bits per heavy atom. The van der Waals surface area contributed by atoms with Crippen LogP contribution in [0, 0.1) is 17.0 Å². The second-order valence-electron chi connectivity index (χ2n) is 4.68. The molecule has 0 saturated heterocycles. The van der Waals surface area contributed by atoms with E-state index in [1.807, 2.05) is 6.92 Å². The third kappa shape index (κ3) is 3.43. The van der Waals surface area contributed by atoms with Gasteiger partial charge in [0.05, 0.1) is 17.2 Å². The molecule has 0 amide bonds. The van der Waals surface area contributed by atoms with Crippen molar-refractivity contribution >= 4 is 11.7 Å². The van der Waals surface area contributed by atoms with Crippen LogP contribution in [-0.2, 0) is 9.53 Å². The molecule has 0 bridgehead atoms. The SMILES string of the molecule is CCC(C)OC(=O)C(C)n1cc([N+](=O)[O-])cc(C)c1=O. The van der Waals surface area contributed by atoms with Crippen molar-refractivity contribution in [2.45, 2.75) is 46.3 Å². The number of ether oxygens (including phenoxy) is 1. The number of esters is 1. The summed E-state index contributed by atoms with van der Waals surface area (Å²) in [6, 6.07) is 0.279. The van der Waals surface area contributed by atoms with Crippen LogP contribution in [0.25, 0.3) is 0 Å². The Morgan fingerprint density at radius 1 is 1.50 bits per heavy atom. The minimum Gasteiger partial charge on any atom is -0.461 e. The van der Waals surface area contributed by atoms with Crippen molar-refractivity contribution in [3.8, 4) is 0 Å². The molecule has 7 nitrogen and oxygen atoms in total. The number of pyridine rings is 1. The molecule has 7 heteroatoms. The quantitative estimate of drug-likeness (QED) is 0.467. The Morgan fingerprint density at radius 3 is 2.60 bits per heavy atom. The standard InChI is InChI=1S/C13H18N2O5/c1-5-9(3)20-13(17)10(4)14-7-11(15(18)19)6-8(2)12(14)16/h6-7,9-10H,5H2,1-4H3. The van der Waals surface area contributed by atoms with E-state index in [9.17, 15) is 19.7 Å². The predicted octanol–water partition coefficient (Wildman–Crippen LogP) is 1.97. The number of nitro groups is 1. The highest BCUT2D eigenvalue weighted by molar-refractivity contribution is 5.74. The molecule has 2 unspecified atom stereocenters. The Bertz CT molecular complexity index is 579. The molecular weight excluding hydrogens is 264 g/mol. The molecule has 20 heavy (non-hydrogen) atoms. The van der Waals surface area contributed by atoms with Gasteiger partial charge >= 0.3 is 5.97 Å². The van der Waals surface area contributed by atoms with Gasteiger partial charge in [-0.1, -0.05) is 6.92 Å². The highest BCUT2D eigenvalue weighted by Gasteiger charge is 2.22. The maximum absolute atomic E-state index is 12.0. The number of aryl methyl sites for hydroxylation is 1. The number of carbonyl (C=O) groups excluding carboxylic acids is 1. The van der Waals surface area contributed by atoms with E-state index in [4.69, 9.17) is 4.74 Å². The largest absolute Gasteiger partial charge is 0.461 e. The normalized spacial score (nSPS) is 13.6. The first kappa shape index (κ1) is 15.9. The third-order valence-electron chi connectivity index (χ3n) is 3.07. The lowest BCUT2D eigenvalue weighted by molar-refractivity contribution is -0.385. The van der Waals surface area contributed by atoms with Crippen LogP contribution >= 0.6 is 0 Å². The lowest BCUT2D eigenvalue weighted by Gasteiger charge is -2.17. The summed E-state index contributed by atoms with van der Waals surface area (Å²) in [6.07, 6.45) is 1.46. The van der Waals surface area contributed by atoms with Gasteiger partial charge < -0.3 is 4.74 Å². The van der Waals surface area contributed by atoms with E-state index in [0.717, 1.165) is 10.8 Å². The Balaban J connectivity index is 3.15. The minimum atomic E-state index is -0.907. The number of carbonyl (C=O) groups is 1. The van der Waals surface area contributed by atoms with Crippen LogP contribution in [0.15, 0.2) is 17.1 Å². The summed E-state index contributed by atoms with van der Waals surface area (Å²) in [6.45, 7) is 6.56. The molecule has 0 saturated carbocycles. The van der Waals surface area contributed by atoms with Gasteiger partial charge in [0, 0.05) is 11.6 Å². The van der Waals surface area contributed by atoms with Gasteiger partial charge in [-0.25, -0.2) is 4.79 Å². The zero-order valence-electron chi connectivity index (χ0n) is 12.0. The summed E-state index contributed by atoms with van der Waals surface area (Å²) in [5.74, 6) is -0.582. The van der Waals surface area contributed by atoms with Crippen LogP contribution in [0.2, 0.25) is 0 Å². The maximum atomic E-state index is 12.0. The smallest absolute Gasteiger partial charge is 0.329 e. The second kappa shape index (κ2) is 6.31. The summed E-state index contributed by atoms with van der Waals surface area (Å²) in [5.41, 5.74) is -0.461. The van der Waals surface area contributed by atoms with Crippen molar-refractivity contribution < 1.29 is 14.5 Å². The van der Waals surface area contributed by atoms with E-state index in [0.29, 0.717) is 6.42 Å². The topological polar surface area (TPSA) is 91.4 Å². The Kier molecular flexibility index (Phi) is 5.01. The highest BCUT2D eigenvalue weighted by atomic mass is 16.6. The molecule has 1 heterocycles. The van der Waals surface area contributed by atoms with E-state index in [1.165, 1.54) is 19.9 Å². The van der Waals surface area contributed by atoms with Gasteiger partial charge in [0.25, 0.3) is 11.2 Å². The second-order valence-corrected chi connectivity index (χ2v) is 4.68. The third-order valence-corrected chi connectivity index (χ3v) is 3.07. The number of rotatable bonds is 5. The van der Waals surface area contributed by atoms with Crippen molar-refractivity contribution in [1.29, 1.82) is 0 Å². The highest BCUT2D eigenvalue weighted by Crippen LogP contribution is 2.15. The zero-order valence-corrected chi connectivity index (χ0v) is 12.0. The Hall–Kier alpha value is -2.18. The summed E-state index contributed by atoms with van der Waals surface area (Å²) >= 11 is 0. The Labute approximate surface area is 116 Å². The van der Waals surface area contributed by atoms with E-state index >= 15 is 0 Å². The summed E-state index contributed by atoms with van der Waals surface area (Å²) in [5, 5.41) is 10.8. The van der Waals surface area contributed by atoms with Crippen molar-refractivity contribution in [2.75, 3.05) is 0 Å². The summed E-state index contributed by atoms with van der Waals surface area (Å²) < 4.78 is 6.18. The molecule has 1 aromatic heterocycles. The molecule has 1 rings (SSSR count). The average Bonchev–Trinajstić information content (AvgIpc) is 2.40. The van der Waals surface area contributed by atoms with E-state index in [1.54, 1.807) is 6.92 Å². The predicted molar refractivity (Wildman–Crippen MR) is 72.6 cm³/mol. The first-order valence-electron chi connectivity index (χ1n) is 6.35. The summed E-state index contributed by atoms with van der Waals surface area (Å²) in [4.78, 5) is 34.1. The monoisotopic (exact) mass is 282 g/mol. The van der Waals surface area contributed by atoms with E-state index in [2.05, 4.69) is 0 Å². The van der Waals surface area contributed by atoms with Gasteiger partial charge in [-0.2, -0.15) is 0 Å². The molecule has 0 aliphatic rings. The van der Waals surface area contributed by atoms with Gasteiger partial charge in [0.15, 0.2) is 0 Å². The van der Waals surface area contributed by atoms with Crippen molar-refractivity contribution in [3.05, 3.63) is 38.3 Å². The van der Waals surface area contributed by atoms with Gasteiger partial charge in [0.2, 0.25) is 0 Å². The molecule has 0 spiro atoms. The molecule has 0 radical (unpaired) electrons. The minimum absolute atomic E-state index is 0.211. The molecule has 2 atom stereocenters. The van der Waals surface area contributed by atoms with Crippen molar-refractivity contribution in [1.82, 2.24) is 4.57 Å². The molecule has 110 valence electrons. The summed E-state index contributed by atoms with van der Waals surface area (Å²) in [7, 11) is 0. The molecule has 0 fully saturated rings. The lowest BCUT2D eigenvalue weighted by atomic mass is 10.2. The number of aromatic nitrogens is 1. The maximum Gasteiger partial charge on any atom is 0.329 e. The van der Waals surface area contributed by atoms with Crippen molar-refractivity contribution in [3.63, 3.8) is 0 Å². The fraction of sp³-hybridized carbons (Fsp3) is 0.538. The van der Waals surface area contributed by atoms with Gasteiger partial charge in [-0.3, -0.25) is 19.5 Å². The van der Waals surface area contributed by atoms with Crippen LogP contribution in [0.4, 0.5) is 5.69 Å². The average molecular weight is 282 g/mol. The van der Waals surface area contributed by atoms with Crippen LogP contribution in [0.1, 0.15) is 38.8 Å². The van der Waals surface area contributed by atoms with Crippen LogP contribution in [0.3, 0.4) is 0 Å².